The second-order valence-electron chi connectivity index (χ2n) is 24.9. The van der Waals surface area contributed by atoms with Crippen molar-refractivity contribution >= 4 is 95.7 Å². The molecule has 550 valence electrons. The van der Waals surface area contributed by atoms with Crippen LogP contribution in [0.5, 0.6) is 5.75 Å². The van der Waals surface area contributed by atoms with Crippen LogP contribution in [-0.2, 0) is 74.7 Å². The summed E-state index contributed by atoms with van der Waals surface area (Å²) in [6.07, 6.45) is 3.45. The van der Waals surface area contributed by atoms with E-state index in [0.717, 1.165) is 0 Å². The molecule has 34 heteroatoms. The minimum Gasteiger partial charge on any atom is -0.508 e. The maximum atomic E-state index is 14.7. The molecule has 22 N–H and O–H groups in total. The molecule has 0 bridgehead atoms. The number of ketones is 6. The number of imidazole rings is 1. The molecule has 0 aliphatic carbocycles. The van der Waals surface area contributed by atoms with Gasteiger partial charge in [-0.1, -0.05) is 46.2 Å². The van der Waals surface area contributed by atoms with Gasteiger partial charge in [0.15, 0.2) is 35.1 Å². The van der Waals surface area contributed by atoms with Crippen LogP contribution in [0.15, 0.2) is 46.8 Å². The first kappa shape index (κ1) is 86.6. The average Bonchev–Trinajstić information content (AvgIpc) is 0.880. The van der Waals surface area contributed by atoms with Gasteiger partial charge in [-0.05, 0) is 112 Å². The Balaban J connectivity index is 2.52. The van der Waals surface area contributed by atoms with Crippen LogP contribution in [0.3, 0.4) is 0 Å². The van der Waals surface area contributed by atoms with Crippen LogP contribution in [0, 0.1) is 41.4 Å². The van der Waals surface area contributed by atoms with Crippen LogP contribution in [0.2, 0.25) is 0 Å². The van der Waals surface area contributed by atoms with Crippen LogP contribution in [0.4, 0.5) is 0 Å². The zero-order valence-corrected chi connectivity index (χ0v) is 58.8. The predicted octanol–water partition coefficient (Wildman–Crippen LogP) is -0.0677. The molecule has 98 heavy (non-hydrogen) atoms. The Morgan fingerprint density at radius 1 is 0.653 bits per heavy atom. The number of phenolic OH excluding ortho intramolecular Hbond substituents is 1. The molecule has 0 aliphatic heterocycles. The maximum absolute atomic E-state index is 14.7. The number of benzene rings is 1. The van der Waals surface area contributed by atoms with E-state index in [9.17, 15) is 77.3 Å². The summed E-state index contributed by atoms with van der Waals surface area (Å²) in [4.78, 5) is 188. The van der Waals surface area contributed by atoms with Gasteiger partial charge in [0.05, 0.1) is 49.6 Å². The maximum Gasteiger partial charge on any atom is 0.469 e. The van der Waals surface area contributed by atoms with Gasteiger partial charge in [-0.3, -0.25) is 67.2 Å². The van der Waals surface area contributed by atoms with Gasteiger partial charge < -0.3 is 86.0 Å². The van der Waals surface area contributed by atoms with E-state index in [-0.39, 0.29) is 120 Å². The molecule has 1 heterocycles. The number of aromatic amines is 1. The number of H-pyrrole nitrogens is 1. The van der Waals surface area contributed by atoms with Gasteiger partial charge >= 0.3 is 7.82 Å². The summed E-state index contributed by atoms with van der Waals surface area (Å²) in [6.45, 7) is 5.53. The summed E-state index contributed by atoms with van der Waals surface area (Å²) in [5, 5.41) is 33.8. The fraction of sp³-hybridized carbons (Fsp3) is 0.656. The summed E-state index contributed by atoms with van der Waals surface area (Å²) in [5.41, 5.74) is 34.8. The lowest BCUT2D eigenvalue weighted by Crippen LogP contribution is -2.51. The number of Topliss-reactive ketones (excluding diaryl/α,β-unsaturated/α-hetero) is 6. The number of carbonyl (C=O) groups is 11. The number of phosphoric acid groups is 1. The van der Waals surface area contributed by atoms with Crippen molar-refractivity contribution < 1.29 is 81.8 Å². The van der Waals surface area contributed by atoms with Gasteiger partial charge in [0.25, 0.3) is 0 Å². The smallest absolute Gasteiger partial charge is 0.469 e. The number of nitrogens with one attached hydrogen (secondary N) is 6. The number of rotatable bonds is 53. The average molecular weight is 1420 g/mol. The number of carbonyl (C=O) groups excluding carboxylic acids is 11. The van der Waals surface area contributed by atoms with Gasteiger partial charge in [-0.15, -0.1) is 0 Å². The molecule has 5 amide bonds. The highest BCUT2D eigenvalue weighted by Crippen LogP contribution is 2.36. The zero-order chi connectivity index (χ0) is 73.7. The summed E-state index contributed by atoms with van der Waals surface area (Å²) in [7, 11) is -3.87. The molecule has 0 fully saturated rings. The number of phosphoric ester groups is 1. The number of nitrogens with two attached hydrogens (primary N) is 6. The quantitative estimate of drug-likeness (QED) is 0.0178. The summed E-state index contributed by atoms with van der Waals surface area (Å²) < 4.78 is 16.2. The van der Waals surface area contributed by atoms with E-state index in [4.69, 9.17) is 34.4 Å². The van der Waals surface area contributed by atoms with Crippen molar-refractivity contribution in [3.8, 4) is 5.75 Å². The number of aliphatic hydroxyl groups excluding tert-OH is 1. The number of unbranched alkanes of at least 4 members (excludes halogenated alkanes) is 1. The van der Waals surface area contributed by atoms with Gasteiger partial charge in [-0.2, -0.15) is 11.8 Å². The van der Waals surface area contributed by atoms with Crippen molar-refractivity contribution in [1.82, 2.24) is 36.6 Å². The minimum absolute atomic E-state index is 0.0144. The van der Waals surface area contributed by atoms with Crippen molar-refractivity contribution in [2.24, 2.45) is 85.8 Å². The molecule has 32 nitrogen and oxygen atoms in total. The van der Waals surface area contributed by atoms with Crippen molar-refractivity contribution in [2.75, 3.05) is 51.9 Å². The standard InChI is InChI=1S/C64H106N15O17PS/c1-7-38(4)58(79-62(92)47(66)13-11-24-74-64(69)70)56(87)30-42(27-44-33-72-36-75-44)52(83)28-40(21-25-98-6)53(84)32-46(37(2)3)61(91)77-49(26-39-15-17-45(81)18-16-39)55(86)31-43(34-80)60(90)76-48(14-8-9-22-65)54(85)29-41(12-10-23-73-63(67)68)59(89)78-50(35-96-97(93,94)95)51(82)19-20-57(88)71-5/h15-18,33,36-38,40-43,46-50,58,80-81H,7-14,19-32,34-35,65-66H2,1-6H3,(H,71,88)(H,72,75)(H,76,90)(H,77,91)(H,78,89)(H,79,92)(H4,67,68,73)(H4,69,70,74)(H2,93,94,95)/t38?,40-,41-,42-,43+,46+,47+,48+,49+,50+,58+/m1/s1. The molecule has 2 aromatic rings. The number of thioether (sulfide) groups is 1. The lowest BCUT2D eigenvalue weighted by molar-refractivity contribution is -0.137. The molecule has 1 aromatic carbocycles. The van der Waals surface area contributed by atoms with E-state index in [1.807, 2.05) is 13.2 Å². The lowest BCUT2D eigenvalue weighted by Gasteiger charge is -2.28. The molecule has 0 spiro atoms. The Morgan fingerprint density at radius 2 is 1.22 bits per heavy atom. The van der Waals surface area contributed by atoms with Crippen molar-refractivity contribution in [1.29, 1.82) is 0 Å². The summed E-state index contributed by atoms with van der Waals surface area (Å²) in [5.74, 6) is -14.1. The monoisotopic (exact) mass is 1420 g/mol. The van der Waals surface area contributed by atoms with Crippen molar-refractivity contribution in [3.63, 3.8) is 0 Å². The molecular weight excluding hydrogens is 1310 g/mol. The van der Waals surface area contributed by atoms with Crippen LogP contribution < -0.4 is 61.0 Å². The Labute approximate surface area is 576 Å². The Morgan fingerprint density at radius 3 is 1.79 bits per heavy atom. The van der Waals surface area contributed by atoms with Gasteiger partial charge in [0, 0.05) is 101 Å². The molecular formula is C64H106N15O17PS. The van der Waals surface area contributed by atoms with Crippen molar-refractivity contribution in [3.05, 3.63) is 48.0 Å². The van der Waals surface area contributed by atoms with Crippen LogP contribution >= 0.6 is 19.6 Å². The molecule has 11 atom stereocenters. The Bertz CT molecular complexity index is 3000. The van der Waals surface area contributed by atoms with E-state index >= 15 is 0 Å². The van der Waals surface area contributed by atoms with Gasteiger partial charge in [0.1, 0.15) is 23.4 Å². The SMILES string of the molecule is CCC(C)[C@H](NC(=O)[C@@H](N)CCCN=C(N)N)C(=O)C[C@@H](Cc1cnc[nH]1)C(=O)C[C@@H](CCSC)C(=O)C[C@H](C(=O)N[C@@H](Cc1ccc(O)cc1)C(=O)C[C@@H](CO)C(=O)N[C@@H](CCCCN)C(=O)C[C@@H](CCCN=C(N)N)C(=O)N[C@@H](COP(=O)(O)O)C(=O)CCC(=O)NC)C(C)C. The number of aliphatic imine (C=N–C) groups is 2. The normalized spacial score (nSPS) is 14.9. The third kappa shape index (κ3) is 33.8. The molecule has 1 aromatic heterocycles. The van der Waals surface area contributed by atoms with Crippen LogP contribution in [0.1, 0.15) is 142 Å². The lowest BCUT2D eigenvalue weighted by atomic mass is 9.80. The highest BCUT2D eigenvalue weighted by Gasteiger charge is 2.38. The number of amides is 5. The fourth-order valence-electron chi connectivity index (χ4n) is 10.7. The molecule has 0 saturated heterocycles. The van der Waals surface area contributed by atoms with Gasteiger partial charge in [-0.25, -0.2) is 9.55 Å². The number of nitrogens with zero attached hydrogens (tertiary/aromatic N) is 3. The van der Waals surface area contributed by atoms with E-state index in [0.29, 0.717) is 36.3 Å². The number of guanidine groups is 2. The van der Waals surface area contributed by atoms with E-state index in [1.54, 1.807) is 20.8 Å². The Hall–Kier alpha value is -7.52. The number of hydrogen-bond acceptors (Lipinski definition) is 21. The largest absolute Gasteiger partial charge is 0.508 e. The number of aliphatic hydroxyl groups is 1. The number of aromatic nitrogens is 2. The van der Waals surface area contributed by atoms with Gasteiger partial charge in [0.2, 0.25) is 29.5 Å². The topological polar surface area (TPSA) is 565 Å². The first-order chi connectivity index (χ1) is 46.3. The van der Waals surface area contributed by atoms with E-state index < -0.39 is 170 Å². The highest BCUT2D eigenvalue weighted by molar-refractivity contribution is 7.98. The third-order valence-electron chi connectivity index (χ3n) is 16.8. The van der Waals surface area contributed by atoms with Crippen LogP contribution in [0.25, 0.3) is 0 Å². The number of aromatic hydroxyl groups is 1. The number of phenols is 1. The predicted molar refractivity (Wildman–Crippen MR) is 369 cm³/mol. The fourth-order valence-corrected chi connectivity index (χ4v) is 11.5. The minimum atomic E-state index is -5.19. The Kier molecular flexibility index (Phi) is 40.6. The second-order valence-corrected chi connectivity index (χ2v) is 27.1. The second kappa shape index (κ2) is 45.9. The first-order valence-electron chi connectivity index (χ1n) is 33.0. The zero-order valence-electron chi connectivity index (χ0n) is 57.1. The molecule has 0 radical (unpaired) electrons. The molecule has 0 saturated carbocycles. The summed E-state index contributed by atoms with van der Waals surface area (Å²) >= 11 is 1.43. The number of hydrogen-bond donors (Lipinski definition) is 16. The highest BCUT2D eigenvalue weighted by atomic mass is 32.2. The van der Waals surface area contributed by atoms with E-state index in [2.05, 4.69) is 51.1 Å². The molecule has 0 aliphatic rings. The van der Waals surface area contributed by atoms with E-state index in [1.165, 1.54) is 55.6 Å². The summed E-state index contributed by atoms with van der Waals surface area (Å²) in [6, 6.07) is -0.736. The third-order valence-corrected chi connectivity index (χ3v) is 17.9. The van der Waals surface area contributed by atoms with Crippen molar-refractivity contribution in [2.45, 2.75) is 173 Å². The first-order valence-corrected chi connectivity index (χ1v) is 35.9. The molecule has 2 rings (SSSR count). The molecule has 1 unspecified atom stereocenters. The van der Waals surface area contributed by atoms with Crippen LogP contribution in [-0.4, -0.2) is 188 Å².